The zero-order valence-corrected chi connectivity index (χ0v) is 13.5. The largest absolute Gasteiger partial charge is 0.437 e. The second-order valence-corrected chi connectivity index (χ2v) is 6.03. The van der Waals surface area contributed by atoms with Crippen molar-refractivity contribution in [2.75, 3.05) is 5.32 Å². The Bertz CT molecular complexity index is 732. The van der Waals surface area contributed by atoms with E-state index in [0.29, 0.717) is 11.4 Å². The Kier molecular flexibility index (Phi) is 4.87. The van der Waals surface area contributed by atoms with Crippen LogP contribution in [-0.4, -0.2) is 16.4 Å². The minimum atomic E-state index is -0.627. The standard InChI is InChI=1S/C14H15N3O2S2/c1-9(12-10(2)17(3)14(20)21-12)16-19-13(18)15-11-7-5-4-6-8-11/h4-8H,1-3H3,(H,15,18)/b16-9+. The zero-order chi connectivity index (χ0) is 15.4. The third-order valence-corrected chi connectivity index (χ3v) is 4.68. The summed E-state index contributed by atoms with van der Waals surface area (Å²) in [6.45, 7) is 3.73. The SMILES string of the molecule is C/C(=N\OC(=O)Nc1ccccc1)c1sc(=S)n(C)c1C. The fraction of sp³-hybridized carbons (Fsp3) is 0.214. The van der Waals surface area contributed by atoms with Gasteiger partial charge in [0.1, 0.15) is 0 Å². The van der Waals surface area contributed by atoms with E-state index in [2.05, 4.69) is 10.5 Å². The molecule has 0 radical (unpaired) electrons. The Morgan fingerprint density at radius 1 is 1.38 bits per heavy atom. The van der Waals surface area contributed by atoms with Crippen molar-refractivity contribution in [2.24, 2.45) is 12.2 Å². The van der Waals surface area contributed by atoms with Gasteiger partial charge < -0.3 is 4.57 Å². The Hall–Kier alpha value is -1.99. The van der Waals surface area contributed by atoms with Crippen LogP contribution in [-0.2, 0) is 11.9 Å². The molecule has 2 rings (SSSR count). The van der Waals surface area contributed by atoms with Gasteiger partial charge in [0.2, 0.25) is 0 Å². The number of amides is 1. The summed E-state index contributed by atoms with van der Waals surface area (Å²) in [5.41, 5.74) is 2.27. The lowest BCUT2D eigenvalue weighted by atomic mass is 10.3. The van der Waals surface area contributed by atoms with Gasteiger partial charge in [0.25, 0.3) is 0 Å². The van der Waals surface area contributed by atoms with Crippen LogP contribution in [0.3, 0.4) is 0 Å². The molecule has 1 heterocycles. The topological polar surface area (TPSA) is 55.6 Å². The van der Waals surface area contributed by atoms with Gasteiger partial charge in [-0.15, -0.1) is 11.3 Å². The lowest BCUT2D eigenvalue weighted by Crippen LogP contribution is -2.11. The lowest BCUT2D eigenvalue weighted by Gasteiger charge is -2.03. The average molecular weight is 321 g/mol. The number of nitrogens with zero attached hydrogens (tertiary/aromatic N) is 2. The van der Waals surface area contributed by atoms with E-state index in [1.54, 1.807) is 19.1 Å². The first-order chi connectivity index (χ1) is 9.99. The number of carbonyl (C=O) groups excluding carboxylic acids is 1. The smallest absolute Gasteiger partial charge is 0.330 e. The predicted molar refractivity (Wildman–Crippen MR) is 87.6 cm³/mol. The van der Waals surface area contributed by atoms with Gasteiger partial charge in [0, 0.05) is 18.4 Å². The van der Waals surface area contributed by atoms with Crippen LogP contribution in [0.1, 0.15) is 17.5 Å². The summed E-state index contributed by atoms with van der Waals surface area (Å²) >= 11 is 6.65. The number of para-hydroxylation sites is 1. The Morgan fingerprint density at radius 3 is 2.62 bits per heavy atom. The molecule has 0 bridgehead atoms. The van der Waals surface area contributed by atoms with E-state index >= 15 is 0 Å². The Morgan fingerprint density at radius 2 is 2.05 bits per heavy atom. The first-order valence-electron chi connectivity index (χ1n) is 6.23. The van der Waals surface area contributed by atoms with Crippen LogP contribution in [0, 0.1) is 10.9 Å². The number of hydrogen-bond donors (Lipinski definition) is 1. The maximum Gasteiger partial charge on any atom is 0.437 e. The number of rotatable bonds is 3. The van der Waals surface area contributed by atoms with Crippen molar-refractivity contribution in [3.05, 3.63) is 44.9 Å². The molecule has 0 fully saturated rings. The normalized spacial score (nSPS) is 11.3. The minimum absolute atomic E-state index is 0.618. The van der Waals surface area contributed by atoms with E-state index < -0.39 is 6.09 Å². The first-order valence-corrected chi connectivity index (χ1v) is 7.46. The van der Waals surface area contributed by atoms with E-state index in [1.165, 1.54) is 11.3 Å². The van der Waals surface area contributed by atoms with Gasteiger partial charge in [0.05, 0.1) is 10.6 Å². The van der Waals surface area contributed by atoms with Gasteiger partial charge >= 0.3 is 6.09 Å². The molecule has 1 amide bonds. The summed E-state index contributed by atoms with van der Waals surface area (Å²) in [4.78, 5) is 17.4. The van der Waals surface area contributed by atoms with Crippen LogP contribution in [0.4, 0.5) is 10.5 Å². The molecule has 1 N–H and O–H groups in total. The molecule has 1 aromatic carbocycles. The van der Waals surface area contributed by atoms with Gasteiger partial charge in [-0.25, -0.2) is 4.79 Å². The van der Waals surface area contributed by atoms with Crippen LogP contribution < -0.4 is 5.32 Å². The second-order valence-electron chi connectivity index (χ2n) is 4.39. The summed E-state index contributed by atoms with van der Waals surface area (Å²) in [5.74, 6) is 0. The summed E-state index contributed by atoms with van der Waals surface area (Å²) in [5, 5.41) is 6.45. The van der Waals surface area contributed by atoms with Gasteiger partial charge in [-0.1, -0.05) is 23.4 Å². The van der Waals surface area contributed by atoms with Crippen molar-refractivity contribution in [1.82, 2.24) is 4.57 Å². The zero-order valence-electron chi connectivity index (χ0n) is 11.9. The van der Waals surface area contributed by atoms with Gasteiger partial charge in [-0.05, 0) is 38.2 Å². The molecule has 0 saturated heterocycles. The van der Waals surface area contributed by atoms with E-state index in [-0.39, 0.29) is 0 Å². The van der Waals surface area contributed by atoms with Gasteiger partial charge in [-0.3, -0.25) is 10.2 Å². The van der Waals surface area contributed by atoms with E-state index in [4.69, 9.17) is 17.1 Å². The van der Waals surface area contributed by atoms with Crippen LogP contribution in [0.15, 0.2) is 35.5 Å². The maximum atomic E-state index is 11.6. The highest BCUT2D eigenvalue weighted by Gasteiger charge is 2.10. The van der Waals surface area contributed by atoms with Crippen LogP contribution in [0.2, 0.25) is 0 Å². The molecular weight excluding hydrogens is 306 g/mol. The molecule has 0 atom stereocenters. The van der Waals surface area contributed by atoms with Gasteiger partial charge in [0.15, 0.2) is 3.95 Å². The fourth-order valence-corrected chi connectivity index (χ4v) is 2.97. The summed E-state index contributed by atoms with van der Waals surface area (Å²) < 4.78 is 2.66. The molecule has 5 nitrogen and oxygen atoms in total. The highest BCUT2D eigenvalue weighted by molar-refractivity contribution is 7.73. The van der Waals surface area contributed by atoms with E-state index in [0.717, 1.165) is 14.5 Å². The third-order valence-electron chi connectivity index (χ3n) is 2.91. The molecule has 21 heavy (non-hydrogen) atoms. The Labute approximate surface area is 131 Å². The Balaban J connectivity index is 2.05. The maximum absolute atomic E-state index is 11.6. The molecule has 2 aromatic rings. The highest BCUT2D eigenvalue weighted by Crippen LogP contribution is 2.18. The molecule has 0 spiro atoms. The summed E-state index contributed by atoms with van der Waals surface area (Å²) in [7, 11) is 1.90. The fourth-order valence-electron chi connectivity index (χ4n) is 1.67. The van der Waals surface area contributed by atoms with Crippen LogP contribution in [0.5, 0.6) is 0 Å². The number of hydrogen-bond acceptors (Lipinski definition) is 5. The molecule has 0 unspecified atom stereocenters. The van der Waals surface area contributed by atoms with Gasteiger partial charge in [-0.2, -0.15) is 0 Å². The van der Waals surface area contributed by atoms with Crippen molar-refractivity contribution in [1.29, 1.82) is 0 Å². The second kappa shape index (κ2) is 6.64. The minimum Gasteiger partial charge on any atom is -0.330 e. The number of aromatic nitrogens is 1. The first kappa shape index (κ1) is 15.4. The number of thiazole rings is 1. The molecule has 1 aromatic heterocycles. The summed E-state index contributed by atoms with van der Waals surface area (Å²) in [6, 6.07) is 9.05. The number of oxime groups is 1. The molecule has 110 valence electrons. The van der Waals surface area contributed by atoms with Crippen molar-refractivity contribution >= 4 is 41.0 Å². The van der Waals surface area contributed by atoms with Crippen molar-refractivity contribution < 1.29 is 9.63 Å². The molecule has 7 heteroatoms. The quantitative estimate of drug-likeness (QED) is 0.401. The van der Waals surface area contributed by atoms with E-state index in [9.17, 15) is 4.79 Å². The molecule has 0 aliphatic carbocycles. The van der Waals surface area contributed by atoms with Crippen molar-refractivity contribution in [3.63, 3.8) is 0 Å². The number of benzene rings is 1. The number of anilines is 1. The summed E-state index contributed by atoms with van der Waals surface area (Å²) in [6.07, 6.45) is -0.627. The van der Waals surface area contributed by atoms with Crippen LogP contribution >= 0.6 is 23.6 Å². The van der Waals surface area contributed by atoms with E-state index in [1.807, 2.05) is 36.7 Å². The number of carbonyl (C=O) groups is 1. The van der Waals surface area contributed by atoms with Crippen molar-refractivity contribution in [3.8, 4) is 0 Å². The highest BCUT2D eigenvalue weighted by atomic mass is 32.1. The lowest BCUT2D eigenvalue weighted by molar-refractivity contribution is 0.166. The third kappa shape index (κ3) is 3.77. The predicted octanol–water partition coefficient (Wildman–Crippen LogP) is 4.10. The molecule has 0 aliphatic rings. The van der Waals surface area contributed by atoms with Crippen LogP contribution in [0.25, 0.3) is 0 Å². The molecule has 0 aliphatic heterocycles. The number of nitrogens with one attached hydrogen (secondary N) is 1. The molecule has 0 saturated carbocycles. The average Bonchev–Trinajstić information content (AvgIpc) is 2.73. The monoisotopic (exact) mass is 321 g/mol. The van der Waals surface area contributed by atoms with Crippen molar-refractivity contribution in [2.45, 2.75) is 13.8 Å². The molecular formula is C14H15N3O2S2.